The van der Waals surface area contributed by atoms with Crippen molar-refractivity contribution in [1.82, 2.24) is 4.31 Å². The van der Waals surface area contributed by atoms with Crippen molar-refractivity contribution in [1.29, 1.82) is 0 Å². The van der Waals surface area contributed by atoms with Gasteiger partial charge in [0.15, 0.2) is 0 Å². The summed E-state index contributed by atoms with van der Waals surface area (Å²) in [6.45, 7) is 3.58. The summed E-state index contributed by atoms with van der Waals surface area (Å²) in [7, 11) is -3.91. The number of hydrogen-bond donors (Lipinski definition) is 1. The van der Waals surface area contributed by atoms with Crippen LogP contribution in [-0.2, 0) is 21.4 Å². The molecule has 31 heavy (non-hydrogen) atoms. The number of benzene rings is 3. The lowest BCUT2D eigenvalue weighted by molar-refractivity contribution is -0.116. The number of carbonyl (C=O) groups is 1. The van der Waals surface area contributed by atoms with Crippen LogP contribution in [0.1, 0.15) is 16.7 Å². The van der Waals surface area contributed by atoms with Crippen LogP contribution < -0.4 is 5.32 Å². The molecule has 0 spiro atoms. The minimum absolute atomic E-state index is 0.0376. The van der Waals surface area contributed by atoms with Crippen LogP contribution >= 0.6 is 27.5 Å². The van der Waals surface area contributed by atoms with Crippen molar-refractivity contribution in [3.8, 4) is 0 Å². The lowest BCUT2D eigenvalue weighted by Gasteiger charge is -2.22. The fraction of sp³-hybridized carbons (Fsp3) is 0.174. The molecule has 0 atom stereocenters. The van der Waals surface area contributed by atoms with Crippen molar-refractivity contribution in [2.45, 2.75) is 25.3 Å². The number of hydrogen-bond acceptors (Lipinski definition) is 3. The molecule has 0 unspecified atom stereocenters. The Morgan fingerprint density at radius 2 is 1.65 bits per heavy atom. The average molecular weight is 522 g/mol. The highest BCUT2D eigenvalue weighted by molar-refractivity contribution is 9.10. The highest BCUT2D eigenvalue weighted by Gasteiger charge is 2.27. The lowest BCUT2D eigenvalue weighted by Crippen LogP contribution is -2.37. The summed E-state index contributed by atoms with van der Waals surface area (Å²) in [4.78, 5) is 12.9. The first kappa shape index (κ1) is 23.5. The maximum atomic E-state index is 13.3. The molecule has 5 nitrogen and oxygen atoms in total. The number of sulfonamides is 1. The molecule has 0 heterocycles. The van der Waals surface area contributed by atoms with E-state index in [-0.39, 0.29) is 18.0 Å². The Morgan fingerprint density at radius 3 is 2.26 bits per heavy atom. The molecular formula is C23H22BrClN2O3S. The predicted octanol–water partition coefficient (Wildman–Crippen LogP) is 5.55. The molecule has 0 aromatic heterocycles. The summed E-state index contributed by atoms with van der Waals surface area (Å²) in [5.41, 5.74) is 3.37. The zero-order valence-electron chi connectivity index (χ0n) is 17.1. The van der Waals surface area contributed by atoms with Crippen LogP contribution in [0.5, 0.6) is 0 Å². The molecule has 3 rings (SSSR count). The summed E-state index contributed by atoms with van der Waals surface area (Å²) < 4.78 is 28.6. The van der Waals surface area contributed by atoms with Gasteiger partial charge in [-0.2, -0.15) is 4.31 Å². The van der Waals surface area contributed by atoms with Gasteiger partial charge >= 0.3 is 0 Å². The molecule has 0 saturated heterocycles. The van der Waals surface area contributed by atoms with E-state index in [1.54, 1.807) is 36.4 Å². The number of rotatable bonds is 7. The number of halogens is 2. The molecule has 1 N–H and O–H groups in total. The maximum Gasteiger partial charge on any atom is 0.243 e. The smallest absolute Gasteiger partial charge is 0.243 e. The van der Waals surface area contributed by atoms with Gasteiger partial charge in [0.2, 0.25) is 15.9 Å². The van der Waals surface area contributed by atoms with Gasteiger partial charge in [0.05, 0.1) is 11.4 Å². The minimum atomic E-state index is -3.91. The molecule has 0 aliphatic carbocycles. The summed E-state index contributed by atoms with van der Waals surface area (Å²) in [5, 5.41) is 3.38. The second-order valence-electron chi connectivity index (χ2n) is 7.22. The van der Waals surface area contributed by atoms with Crippen molar-refractivity contribution >= 4 is 49.1 Å². The van der Waals surface area contributed by atoms with E-state index in [9.17, 15) is 13.2 Å². The second kappa shape index (κ2) is 9.96. The third-order valence-corrected chi connectivity index (χ3v) is 7.29. The highest BCUT2D eigenvalue weighted by Crippen LogP contribution is 2.22. The Bertz CT molecular complexity index is 1180. The van der Waals surface area contributed by atoms with Gasteiger partial charge in [-0.3, -0.25) is 4.79 Å². The standard InChI is InChI=1S/C23H22BrClN2O3S/c1-16-3-12-22(17(2)13-16)26-23(28)15-27(14-18-4-8-20(25)9-5-18)31(29,30)21-10-6-19(24)7-11-21/h3-13H,14-15H2,1-2H3,(H,26,28). The largest absolute Gasteiger partial charge is 0.325 e. The predicted molar refractivity (Wildman–Crippen MR) is 128 cm³/mol. The van der Waals surface area contributed by atoms with Crippen molar-refractivity contribution in [2.75, 3.05) is 11.9 Å². The number of aryl methyl sites for hydroxylation is 2. The van der Waals surface area contributed by atoms with E-state index in [2.05, 4.69) is 21.2 Å². The molecule has 0 saturated carbocycles. The van der Waals surface area contributed by atoms with Gasteiger partial charge in [-0.15, -0.1) is 0 Å². The third-order valence-electron chi connectivity index (χ3n) is 4.70. The summed E-state index contributed by atoms with van der Waals surface area (Å²) >= 11 is 9.26. The van der Waals surface area contributed by atoms with E-state index < -0.39 is 15.9 Å². The summed E-state index contributed by atoms with van der Waals surface area (Å²) in [6, 6.07) is 18.9. The SMILES string of the molecule is Cc1ccc(NC(=O)CN(Cc2ccc(Cl)cc2)S(=O)(=O)c2ccc(Br)cc2)c(C)c1. The molecule has 0 aliphatic heterocycles. The first-order chi connectivity index (χ1) is 14.6. The number of amides is 1. The van der Waals surface area contributed by atoms with E-state index in [1.165, 1.54) is 16.4 Å². The van der Waals surface area contributed by atoms with Gasteiger partial charge in [0.25, 0.3) is 0 Å². The summed E-state index contributed by atoms with van der Waals surface area (Å²) in [6.07, 6.45) is 0. The molecule has 0 radical (unpaired) electrons. The van der Waals surface area contributed by atoms with Gasteiger partial charge in [0.1, 0.15) is 0 Å². The zero-order chi connectivity index (χ0) is 22.6. The minimum Gasteiger partial charge on any atom is -0.325 e. The first-order valence-corrected chi connectivity index (χ1v) is 12.1. The molecule has 1 amide bonds. The van der Waals surface area contributed by atoms with Gasteiger partial charge in [-0.1, -0.05) is 57.4 Å². The normalized spacial score (nSPS) is 11.5. The van der Waals surface area contributed by atoms with Gasteiger partial charge in [0, 0.05) is 21.7 Å². The zero-order valence-corrected chi connectivity index (χ0v) is 20.3. The average Bonchev–Trinajstić information content (AvgIpc) is 2.71. The number of carbonyl (C=O) groups excluding carboxylic acids is 1. The quantitative estimate of drug-likeness (QED) is 0.443. The van der Waals surface area contributed by atoms with Crippen LogP contribution in [0.4, 0.5) is 5.69 Å². The van der Waals surface area contributed by atoms with Gasteiger partial charge < -0.3 is 5.32 Å². The molecule has 0 aliphatic rings. The van der Waals surface area contributed by atoms with E-state index in [1.807, 2.05) is 32.0 Å². The van der Waals surface area contributed by atoms with Gasteiger partial charge in [-0.25, -0.2) is 8.42 Å². The second-order valence-corrected chi connectivity index (χ2v) is 10.5. The van der Waals surface area contributed by atoms with Crippen LogP contribution in [0.15, 0.2) is 76.1 Å². The van der Waals surface area contributed by atoms with E-state index >= 15 is 0 Å². The number of nitrogens with one attached hydrogen (secondary N) is 1. The fourth-order valence-electron chi connectivity index (χ4n) is 3.08. The van der Waals surface area contributed by atoms with Crippen molar-refractivity contribution in [3.05, 3.63) is 92.9 Å². The topological polar surface area (TPSA) is 66.5 Å². The molecule has 0 fully saturated rings. The molecule has 0 bridgehead atoms. The number of nitrogens with zero attached hydrogens (tertiary/aromatic N) is 1. The van der Waals surface area contributed by atoms with Crippen molar-refractivity contribution < 1.29 is 13.2 Å². The summed E-state index contributed by atoms with van der Waals surface area (Å²) in [5.74, 6) is -0.415. The van der Waals surface area contributed by atoms with Crippen LogP contribution in [0, 0.1) is 13.8 Å². The monoisotopic (exact) mass is 520 g/mol. The first-order valence-electron chi connectivity index (χ1n) is 9.52. The fourth-order valence-corrected chi connectivity index (χ4v) is 4.85. The van der Waals surface area contributed by atoms with E-state index in [4.69, 9.17) is 11.6 Å². The Hall–Kier alpha value is -2.19. The third kappa shape index (κ3) is 6.17. The number of anilines is 1. The van der Waals surface area contributed by atoms with Crippen molar-refractivity contribution in [3.63, 3.8) is 0 Å². The highest BCUT2D eigenvalue weighted by atomic mass is 79.9. The van der Waals surface area contributed by atoms with E-state index in [0.717, 1.165) is 21.2 Å². The van der Waals surface area contributed by atoms with E-state index in [0.29, 0.717) is 10.7 Å². The Balaban J connectivity index is 1.88. The molecule has 3 aromatic carbocycles. The van der Waals surface area contributed by atoms with Crippen LogP contribution in [0.25, 0.3) is 0 Å². The Morgan fingerprint density at radius 1 is 1.00 bits per heavy atom. The van der Waals surface area contributed by atoms with Crippen LogP contribution in [0.2, 0.25) is 5.02 Å². The molecule has 162 valence electrons. The molecule has 3 aromatic rings. The van der Waals surface area contributed by atoms with Crippen LogP contribution in [0.3, 0.4) is 0 Å². The maximum absolute atomic E-state index is 13.3. The van der Waals surface area contributed by atoms with Gasteiger partial charge in [-0.05, 0) is 67.4 Å². The van der Waals surface area contributed by atoms with Crippen molar-refractivity contribution in [2.24, 2.45) is 0 Å². The Labute approximate surface area is 196 Å². The Kier molecular flexibility index (Phi) is 7.54. The molecule has 8 heteroatoms. The lowest BCUT2D eigenvalue weighted by atomic mass is 10.1. The van der Waals surface area contributed by atoms with Crippen LogP contribution in [-0.4, -0.2) is 25.2 Å². The molecular weight excluding hydrogens is 500 g/mol.